The molecule has 1 unspecified atom stereocenters. The van der Waals surface area contributed by atoms with Gasteiger partial charge in [-0.1, -0.05) is 35.9 Å². The Morgan fingerprint density at radius 2 is 1.79 bits per heavy atom. The second-order valence-electron chi connectivity index (χ2n) is 9.24. The fourth-order valence-corrected chi connectivity index (χ4v) is 3.60. The molecule has 0 saturated heterocycles. The van der Waals surface area contributed by atoms with Crippen LogP contribution in [0.2, 0.25) is 5.02 Å². The monoisotopic (exact) mass is 488 g/mol. The van der Waals surface area contributed by atoms with Crippen molar-refractivity contribution in [3.8, 4) is 17.2 Å². The molecule has 0 aliphatic carbocycles. The van der Waals surface area contributed by atoms with E-state index in [2.05, 4.69) is 5.32 Å². The lowest BCUT2D eigenvalue weighted by molar-refractivity contribution is -0.151. The molecular weight excluding hydrogens is 459 g/mol. The van der Waals surface area contributed by atoms with E-state index in [1.165, 1.54) is 19.1 Å². The molecule has 0 radical (unpaired) electrons. The number of benzene rings is 2. The summed E-state index contributed by atoms with van der Waals surface area (Å²) < 4.78 is 24.6. The molecule has 1 N–H and O–H groups in total. The lowest BCUT2D eigenvalue weighted by Crippen LogP contribution is -2.44. The summed E-state index contributed by atoms with van der Waals surface area (Å²) in [5.74, 6) is -1.04. The zero-order valence-electron chi connectivity index (χ0n) is 20.1. The number of nitrogens with zero attached hydrogens (tertiary/aromatic N) is 1. The molecule has 2 aromatic rings. The van der Waals surface area contributed by atoms with Crippen LogP contribution in [0, 0.1) is 22.6 Å². The van der Waals surface area contributed by atoms with Crippen LogP contribution in [-0.2, 0) is 20.7 Å². The molecule has 6 nitrogen and oxygen atoms in total. The van der Waals surface area contributed by atoms with Crippen molar-refractivity contribution in [1.82, 2.24) is 5.32 Å². The molecule has 0 heterocycles. The predicted molar refractivity (Wildman–Crippen MR) is 129 cm³/mol. The van der Waals surface area contributed by atoms with E-state index in [1.54, 1.807) is 58.0 Å². The average Bonchev–Trinajstić information content (AvgIpc) is 2.74. The number of nitrogens with one attached hydrogen (secondary N) is 1. The topological polar surface area (TPSA) is 88.4 Å². The Balaban J connectivity index is 2.28. The van der Waals surface area contributed by atoms with Gasteiger partial charge >= 0.3 is 12.1 Å². The zero-order valence-corrected chi connectivity index (χ0v) is 20.8. The number of halogens is 2. The van der Waals surface area contributed by atoms with Crippen LogP contribution in [0.4, 0.5) is 9.18 Å². The van der Waals surface area contributed by atoms with Gasteiger partial charge < -0.3 is 14.8 Å². The molecule has 0 saturated carbocycles. The van der Waals surface area contributed by atoms with Gasteiger partial charge in [0.25, 0.3) is 0 Å². The van der Waals surface area contributed by atoms with E-state index < -0.39 is 29.1 Å². The maximum Gasteiger partial charge on any atom is 0.407 e. The Hall–Kier alpha value is -3.11. The molecule has 2 rings (SSSR count). The minimum absolute atomic E-state index is 0.0201. The van der Waals surface area contributed by atoms with E-state index in [0.29, 0.717) is 22.6 Å². The second-order valence-corrected chi connectivity index (χ2v) is 9.67. The molecule has 0 aliphatic heterocycles. The Kier molecular flexibility index (Phi) is 9.06. The van der Waals surface area contributed by atoms with Crippen molar-refractivity contribution < 1.29 is 23.5 Å². The molecule has 2 atom stereocenters. The van der Waals surface area contributed by atoms with Gasteiger partial charge in [0.05, 0.1) is 12.7 Å². The van der Waals surface area contributed by atoms with Crippen LogP contribution >= 0.6 is 11.6 Å². The zero-order chi connectivity index (χ0) is 25.5. The smallest absolute Gasteiger partial charge is 0.407 e. The van der Waals surface area contributed by atoms with Crippen molar-refractivity contribution in [2.75, 3.05) is 6.61 Å². The quantitative estimate of drug-likeness (QED) is 0.456. The van der Waals surface area contributed by atoms with Crippen LogP contribution in [0.5, 0.6) is 0 Å². The first kappa shape index (κ1) is 27.1. The number of rotatable bonds is 8. The van der Waals surface area contributed by atoms with Gasteiger partial charge in [0, 0.05) is 16.6 Å². The Bertz CT molecular complexity index is 1060. The van der Waals surface area contributed by atoms with E-state index in [4.69, 9.17) is 21.1 Å². The molecule has 0 aliphatic rings. The minimum atomic E-state index is -1.46. The molecule has 0 aromatic heterocycles. The van der Waals surface area contributed by atoms with Crippen molar-refractivity contribution in [3.63, 3.8) is 0 Å². The molecule has 0 spiro atoms. The third kappa shape index (κ3) is 7.74. The highest BCUT2D eigenvalue weighted by Gasteiger charge is 2.38. The summed E-state index contributed by atoms with van der Waals surface area (Å²) in [4.78, 5) is 24.9. The summed E-state index contributed by atoms with van der Waals surface area (Å²) in [6.07, 6.45) is -0.320. The number of ether oxygens (including phenoxy) is 2. The van der Waals surface area contributed by atoms with Crippen LogP contribution in [0.3, 0.4) is 0 Å². The van der Waals surface area contributed by atoms with E-state index in [-0.39, 0.29) is 18.8 Å². The third-order valence-electron chi connectivity index (χ3n) is 5.02. The maximum absolute atomic E-state index is 14.2. The molecule has 0 bridgehead atoms. The molecule has 182 valence electrons. The van der Waals surface area contributed by atoms with Gasteiger partial charge in [-0.2, -0.15) is 5.26 Å². The van der Waals surface area contributed by atoms with Gasteiger partial charge in [-0.25, -0.2) is 9.18 Å². The van der Waals surface area contributed by atoms with Gasteiger partial charge in [0.1, 0.15) is 11.4 Å². The van der Waals surface area contributed by atoms with E-state index >= 15 is 0 Å². The van der Waals surface area contributed by atoms with E-state index in [1.807, 2.05) is 6.07 Å². The summed E-state index contributed by atoms with van der Waals surface area (Å²) in [5.41, 5.74) is -0.330. The predicted octanol–water partition coefficient (Wildman–Crippen LogP) is 6.06. The number of carbonyl (C=O) groups is 2. The highest BCUT2D eigenvalue weighted by Crippen LogP contribution is 2.29. The van der Waals surface area contributed by atoms with Crippen molar-refractivity contribution in [2.45, 2.75) is 59.1 Å². The normalized spacial score (nSPS) is 13.8. The van der Waals surface area contributed by atoms with Crippen molar-refractivity contribution in [2.24, 2.45) is 5.41 Å². The molecule has 0 fully saturated rings. The molecule has 2 aromatic carbocycles. The third-order valence-corrected chi connectivity index (χ3v) is 5.26. The number of alkyl carbamates (subject to hydrolysis) is 1. The lowest BCUT2D eigenvalue weighted by atomic mass is 9.83. The summed E-state index contributed by atoms with van der Waals surface area (Å²) >= 11 is 6.00. The number of esters is 1. The first-order chi connectivity index (χ1) is 15.9. The number of nitriles is 1. The van der Waals surface area contributed by atoms with E-state index in [9.17, 15) is 19.2 Å². The lowest BCUT2D eigenvalue weighted by Gasteiger charge is -2.28. The highest BCUT2D eigenvalue weighted by molar-refractivity contribution is 6.30. The number of hydrogen-bond donors (Lipinski definition) is 1. The van der Waals surface area contributed by atoms with Crippen LogP contribution < -0.4 is 5.32 Å². The van der Waals surface area contributed by atoms with Crippen molar-refractivity contribution in [3.05, 3.63) is 58.9 Å². The Morgan fingerprint density at radius 1 is 1.15 bits per heavy atom. The fraction of sp³-hybridized carbons (Fsp3) is 0.423. The van der Waals surface area contributed by atoms with Crippen molar-refractivity contribution >= 4 is 23.7 Å². The van der Waals surface area contributed by atoms with Crippen LogP contribution in [-0.4, -0.2) is 30.3 Å². The maximum atomic E-state index is 14.2. The highest BCUT2D eigenvalue weighted by atomic mass is 35.5. The Labute approximate surface area is 205 Å². The average molecular weight is 489 g/mol. The molecule has 8 heteroatoms. The first-order valence-electron chi connectivity index (χ1n) is 11.0. The van der Waals surface area contributed by atoms with Gasteiger partial charge in [-0.3, -0.25) is 4.79 Å². The SMILES string of the molecule is CCOC(=O)C(C)(C#N)C[C@@H](Cc1ccc(-c2cc(Cl)ccc2F)cc1)NC(=O)OC(C)(C)C. The van der Waals surface area contributed by atoms with Crippen LogP contribution in [0.1, 0.15) is 46.6 Å². The summed E-state index contributed by atoms with van der Waals surface area (Å²) in [5, 5.41) is 12.9. The molecule has 34 heavy (non-hydrogen) atoms. The van der Waals surface area contributed by atoms with Crippen LogP contribution in [0.15, 0.2) is 42.5 Å². The summed E-state index contributed by atoms with van der Waals surface area (Å²) in [6, 6.07) is 12.9. The summed E-state index contributed by atoms with van der Waals surface area (Å²) in [7, 11) is 0. The Morgan fingerprint density at radius 3 is 2.35 bits per heavy atom. The largest absolute Gasteiger partial charge is 0.465 e. The fourth-order valence-electron chi connectivity index (χ4n) is 3.43. The standard InChI is InChI=1S/C26H30ClFN2O4/c1-6-33-23(31)26(5,16-29)15-20(30-24(32)34-25(2,3)4)13-17-7-9-18(10-8-17)21-14-19(27)11-12-22(21)28/h7-12,14,20H,6,13,15H2,1-5H3,(H,30,32)/t20-,26?/m1/s1. The summed E-state index contributed by atoms with van der Waals surface area (Å²) in [6.45, 7) is 8.52. The van der Waals surface area contributed by atoms with Crippen molar-refractivity contribution in [1.29, 1.82) is 5.26 Å². The van der Waals surface area contributed by atoms with Gasteiger partial charge in [0.2, 0.25) is 0 Å². The van der Waals surface area contributed by atoms with Gasteiger partial charge in [-0.05, 0) is 76.8 Å². The number of hydrogen-bond acceptors (Lipinski definition) is 5. The minimum Gasteiger partial charge on any atom is -0.465 e. The number of amides is 1. The first-order valence-corrected chi connectivity index (χ1v) is 11.4. The number of carbonyl (C=O) groups excluding carboxylic acids is 2. The van der Waals surface area contributed by atoms with Gasteiger partial charge in [0.15, 0.2) is 5.41 Å². The van der Waals surface area contributed by atoms with Crippen LogP contribution in [0.25, 0.3) is 11.1 Å². The molecular formula is C26H30ClFN2O4. The second kappa shape index (κ2) is 11.3. The van der Waals surface area contributed by atoms with E-state index in [0.717, 1.165) is 5.56 Å². The molecule has 1 amide bonds. The van der Waals surface area contributed by atoms with Gasteiger partial charge in [-0.15, -0.1) is 0 Å².